The molecule has 0 aromatic carbocycles. The first-order valence-electron chi connectivity index (χ1n) is 7.97. The van der Waals surface area contributed by atoms with Gasteiger partial charge in [-0.05, 0) is 50.6 Å². The summed E-state index contributed by atoms with van der Waals surface area (Å²) in [5.74, 6) is 1.12. The zero-order valence-corrected chi connectivity index (χ0v) is 14.2. The molecule has 0 atom stereocenters. The lowest BCUT2D eigenvalue weighted by molar-refractivity contribution is -0.136. The predicted octanol–water partition coefficient (Wildman–Crippen LogP) is 1.05. The molecule has 2 saturated heterocycles. The molecule has 2 aliphatic heterocycles. The van der Waals surface area contributed by atoms with Crippen LogP contribution in [0.5, 0.6) is 0 Å². The van der Waals surface area contributed by atoms with Crippen LogP contribution < -0.4 is 5.32 Å². The van der Waals surface area contributed by atoms with Crippen LogP contribution in [0.2, 0.25) is 0 Å². The van der Waals surface area contributed by atoms with Crippen LogP contribution in [0, 0.1) is 11.8 Å². The number of hydrogen-bond donors (Lipinski definition) is 1. The molecule has 0 bridgehead atoms. The topological polar surface area (TPSA) is 66.5 Å². The fourth-order valence-electron chi connectivity index (χ4n) is 3.63. The van der Waals surface area contributed by atoms with Gasteiger partial charge in [-0.15, -0.1) is 0 Å². The highest BCUT2D eigenvalue weighted by molar-refractivity contribution is 7.92. The number of carbonyl (C=O) groups is 1. The maximum Gasteiger partial charge on any atom is 0.244 e. The molecule has 2 heterocycles. The van der Waals surface area contributed by atoms with E-state index in [1.165, 1.54) is 6.26 Å². The molecule has 1 N–H and O–H groups in total. The van der Waals surface area contributed by atoms with Gasteiger partial charge in [0.15, 0.2) is 14.6 Å². The van der Waals surface area contributed by atoms with Crippen molar-refractivity contribution in [2.24, 2.45) is 11.8 Å². The van der Waals surface area contributed by atoms with E-state index in [1.807, 2.05) is 0 Å². The summed E-state index contributed by atoms with van der Waals surface area (Å²) in [7, 11) is -3.40. The van der Waals surface area contributed by atoms with Crippen LogP contribution in [-0.4, -0.2) is 56.4 Å². The van der Waals surface area contributed by atoms with Crippen molar-refractivity contribution in [1.29, 1.82) is 0 Å². The molecule has 5 nitrogen and oxygen atoms in total. The molecule has 2 rings (SSSR count). The zero-order valence-electron chi connectivity index (χ0n) is 13.4. The standard InChI is InChI=1S/C15H28N2O3S/c1-12(2)13-4-10-17(11-5-13)14(18)15(21(3,19)20)6-8-16-9-7-15/h12-13,16H,4-11H2,1-3H3. The van der Waals surface area contributed by atoms with Crippen molar-refractivity contribution in [3.63, 3.8) is 0 Å². The highest BCUT2D eigenvalue weighted by Crippen LogP contribution is 2.32. The molecule has 0 aromatic rings. The van der Waals surface area contributed by atoms with Crippen LogP contribution in [0.4, 0.5) is 0 Å². The largest absolute Gasteiger partial charge is 0.341 e. The first kappa shape index (κ1) is 16.7. The van der Waals surface area contributed by atoms with Gasteiger partial charge in [0, 0.05) is 19.3 Å². The van der Waals surface area contributed by atoms with E-state index >= 15 is 0 Å². The minimum Gasteiger partial charge on any atom is -0.341 e. The molecular formula is C15H28N2O3S. The Morgan fingerprint density at radius 1 is 1.19 bits per heavy atom. The van der Waals surface area contributed by atoms with E-state index in [0.29, 0.717) is 50.9 Å². The Kier molecular flexibility index (Phi) is 4.98. The monoisotopic (exact) mass is 316 g/mol. The maximum absolute atomic E-state index is 12.9. The average molecular weight is 316 g/mol. The Labute approximate surface area is 128 Å². The quantitative estimate of drug-likeness (QED) is 0.845. The number of rotatable bonds is 3. The minimum atomic E-state index is -3.40. The van der Waals surface area contributed by atoms with E-state index in [4.69, 9.17) is 0 Å². The minimum absolute atomic E-state index is 0.159. The summed E-state index contributed by atoms with van der Waals surface area (Å²) in [6, 6.07) is 0. The van der Waals surface area contributed by atoms with Crippen molar-refractivity contribution in [2.45, 2.75) is 44.3 Å². The lowest BCUT2D eigenvalue weighted by Crippen LogP contribution is -2.59. The highest BCUT2D eigenvalue weighted by atomic mass is 32.2. The van der Waals surface area contributed by atoms with Gasteiger partial charge in [-0.1, -0.05) is 13.8 Å². The van der Waals surface area contributed by atoms with E-state index < -0.39 is 14.6 Å². The van der Waals surface area contributed by atoms with Crippen molar-refractivity contribution < 1.29 is 13.2 Å². The molecular weight excluding hydrogens is 288 g/mol. The molecule has 0 aromatic heterocycles. The van der Waals surface area contributed by atoms with Gasteiger partial charge in [0.05, 0.1) is 0 Å². The maximum atomic E-state index is 12.9. The van der Waals surface area contributed by atoms with Gasteiger partial charge < -0.3 is 10.2 Å². The molecule has 2 fully saturated rings. The SMILES string of the molecule is CC(C)C1CCN(C(=O)C2(S(C)(=O)=O)CCNCC2)CC1. The predicted molar refractivity (Wildman–Crippen MR) is 83.8 cm³/mol. The van der Waals surface area contributed by atoms with Crippen LogP contribution in [0.15, 0.2) is 0 Å². The summed E-state index contributed by atoms with van der Waals surface area (Å²) in [6.07, 6.45) is 3.99. The zero-order chi connectivity index (χ0) is 15.7. The first-order valence-corrected chi connectivity index (χ1v) is 9.87. The number of hydrogen-bond acceptors (Lipinski definition) is 4. The molecule has 21 heavy (non-hydrogen) atoms. The first-order chi connectivity index (χ1) is 9.78. The molecule has 0 aliphatic carbocycles. The summed E-state index contributed by atoms with van der Waals surface area (Å²) in [5, 5.41) is 3.16. The summed E-state index contributed by atoms with van der Waals surface area (Å²) in [4.78, 5) is 14.7. The van der Waals surface area contributed by atoms with Crippen LogP contribution in [0.1, 0.15) is 39.5 Å². The van der Waals surface area contributed by atoms with E-state index in [2.05, 4.69) is 19.2 Å². The lowest BCUT2D eigenvalue weighted by atomic mass is 9.85. The van der Waals surface area contributed by atoms with Crippen LogP contribution in [0.3, 0.4) is 0 Å². The molecule has 0 saturated carbocycles. The number of carbonyl (C=O) groups excluding carboxylic acids is 1. The molecule has 0 spiro atoms. The average Bonchev–Trinajstić information content (AvgIpc) is 2.46. The summed E-state index contributed by atoms with van der Waals surface area (Å²) < 4.78 is 23.4. The highest BCUT2D eigenvalue weighted by Gasteiger charge is 2.50. The fourth-order valence-corrected chi connectivity index (χ4v) is 5.02. The number of amides is 1. The summed E-state index contributed by atoms with van der Waals surface area (Å²) in [5.41, 5.74) is 0. The van der Waals surface area contributed by atoms with Crippen molar-refractivity contribution in [1.82, 2.24) is 10.2 Å². The summed E-state index contributed by atoms with van der Waals surface area (Å²) in [6.45, 7) is 7.03. The second-order valence-corrected chi connectivity index (χ2v) is 9.22. The number of sulfone groups is 1. The van der Waals surface area contributed by atoms with Gasteiger partial charge in [-0.3, -0.25) is 4.79 Å². The third-order valence-electron chi connectivity index (χ3n) is 5.28. The van der Waals surface area contributed by atoms with E-state index in [1.54, 1.807) is 4.90 Å². The van der Waals surface area contributed by atoms with Gasteiger partial charge >= 0.3 is 0 Å². The normalized spacial score (nSPS) is 24.3. The third kappa shape index (κ3) is 3.26. The van der Waals surface area contributed by atoms with E-state index in [0.717, 1.165) is 12.8 Å². The molecule has 122 valence electrons. The number of piperidine rings is 2. The Balaban J connectivity index is 2.14. The fraction of sp³-hybridized carbons (Fsp3) is 0.933. The van der Waals surface area contributed by atoms with Crippen LogP contribution >= 0.6 is 0 Å². The van der Waals surface area contributed by atoms with Gasteiger partial charge in [-0.2, -0.15) is 0 Å². The van der Waals surface area contributed by atoms with Crippen molar-refractivity contribution in [3.8, 4) is 0 Å². The Morgan fingerprint density at radius 3 is 2.14 bits per heavy atom. The van der Waals surface area contributed by atoms with Crippen molar-refractivity contribution in [2.75, 3.05) is 32.4 Å². The molecule has 1 amide bonds. The number of likely N-dealkylation sites (tertiary alicyclic amines) is 1. The van der Waals surface area contributed by atoms with Crippen LogP contribution in [-0.2, 0) is 14.6 Å². The van der Waals surface area contributed by atoms with Gasteiger partial charge in [-0.25, -0.2) is 8.42 Å². The molecule has 6 heteroatoms. The Morgan fingerprint density at radius 2 is 1.71 bits per heavy atom. The summed E-state index contributed by atoms with van der Waals surface area (Å²) >= 11 is 0. The molecule has 0 radical (unpaired) electrons. The van der Waals surface area contributed by atoms with Gasteiger partial charge in [0.25, 0.3) is 0 Å². The number of nitrogens with one attached hydrogen (secondary N) is 1. The van der Waals surface area contributed by atoms with Crippen molar-refractivity contribution in [3.05, 3.63) is 0 Å². The van der Waals surface area contributed by atoms with E-state index in [-0.39, 0.29) is 5.91 Å². The van der Waals surface area contributed by atoms with Gasteiger partial charge in [0.2, 0.25) is 5.91 Å². The second-order valence-electron chi connectivity index (χ2n) is 6.89. The number of nitrogens with zero attached hydrogens (tertiary/aromatic N) is 1. The lowest BCUT2D eigenvalue weighted by Gasteiger charge is -2.41. The third-order valence-corrected chi connectivity index (χ3v) is 7.28. The smallest absolute Gasteiger partial charge is 0.244 e. The van der Waals surface area contributed by atoms with Crippen molar-refractivity contribution >= 4 is 15.7 Å². The molecule has 0 unspecified atom stereocenters. The van der Waals surface area contributed by atoms with E-state index in [9.17, 15) is 13.2 Å². The van der Waals surface area contributed by atoms with Crippen LogP contribution in [0.25, 0.3) is 0 Å². The Bertz CT molecular complexity index is 473. The Hall–Kier alpha value is -0.620. The molecule has 2 aliphatic rings. The van der Waals surface area contributed by atoms with Gasteiger partial charge in [0.1, 0.15) is 0 Å². The second kappa shape index (κ2) is 6.24.